The third-order valence-electron chi connectivity index (χ3n) is 5.38. The summed E-state index contributed by atoms with van der Waals surface area (Å²) in [5, 5.41) is 6.25. The lowest BCUT2D eigenvalue weighted by Gasteiger charge is -2.27. The maximum atomic E-state index is 12.5. The number of fused-ring (bicyclic) bond motifs is 1. The van der Waals surface area contributed by atoms with Gasteiger partial charge in [-0.1, -0.05) is 6.07 Å². The lowest BCUT2D eigenvalue weighted by Crippen LogP contribution is -2.37. The highest BCUT2D eigenvalue weighted by Crippen LogP contribution is 2.32. The van der Waals surface area contributed by atoms with Crippen LogP contribution in [0.25, 0.3) is 0 Å². The van der Waals surface area contributed by atoms with E-state index in [0.717, 1.165) is 41.5 Å². The zero-order valence-corrected chi connectivity index (χ0v) is 18.3. The molecule has 0 spiro atoms. The van der Waals surface area contributed by atoms with Crippen molar-refractivity contribution in [3.8, 4) is 11.5 Å². The topological polar surface area (TPSA) is 97.8 Å². The van der Waals surface area contributed by atoms with Crippen LogP contribution in [0.3, 0.4) is 0 Å². The number of aromatic nitrogens is 2. The highest BCUT2D eigenvalue weighted by atomic mass is 16.7. The minimum Gasteiger partial charge on any atom is -0.454 e. The fourth-order valence-electron chi connectivity index (χ4n) is 3.75. The quantitative estimate of drug-likeness (QED) is 0.594. The van der Waals surface area contributed by atoms with E-state index in [1.807, 2.05) is 55.5 Å². The fourth-order valence-corrected chi connectivity index (χ4v) is 3.75. The highest BCUT2D eigenvalue weighted by molar-refractivity contribution is 5.92. The summed E-state index contributed by atoms with van der Waals surface area (Å²) in [6, 6.07) is 15.0. The van der Waals surface area contributed by atoms with Gasteiger partial charge >= 0.3 is 0 Å². The fraction of sp³-hybridized carbons (Fsp3) is 0.292. The van der Waals surface area contributed by atoms with Gasteiger partial charge in [-0.3, -0.25) is 4.79 Å². The Morgan fingerprint density at radius 3 is 2.55 bits per heavy atom. The first-order chi connectivity index (χ1) is 16.1. The van der Waals surface area contributed by atoms with Gasteiger partial charge in [0.1, 0.15) is 5.82 Å². The van der Waals surface area contributed by atoms with E-state index in [1.165, 1.54) is 0 Å². The molecule has 170 valence electrons. The van der Waals surface area contributed by atoms with Crippen molar-refractivity contribution < 1.29 is 19.0 Å². The van der Waals surface area contributed by atoms with Gasteiger partial charge in [-0.05, 0) is 48.9 Å². The number of nitrogens with zero attached hydrogens (tertiary/aromatic N) is 3. The maximum absolute atomic E-state index is 12.5. The van der Waals surface area contributed by atoms with Crippen LogP contribution in [-0.2, 0) is 16.0 Å². The van der Waals surface area contributed by atoms with Crippen molar-refractivity contribution in [3.05, 3.63) is 59.8 Å². The van der Waals surface area contributed by atoms with Crippen LogP contribution in [0, 0.1) is 6.92 Å². The van der Waals surface area contributed by atoms with Crippen LogP contribution >= 0.6 is 0 Å². The molecule has 1 aromatic heterocycles. The zero-order valence-electron chi connectivity index (χ0n) is 18.3. The number of aryl methyl sites for hydroxylation is 1. The molecule has 0 aliphatic carbocycles. The molecule has 1 saturated heterocycles. The molecule has 1 fully saturated rings. The summed E-state index contributed by atoms with van der Waals surface area (Å²) in [5.41, 5.74) is 3.35. The summed E-state index contributed by atoms with van der Waals surface area (Å²) in [7, 11) is 0. The number of carbonyl (C=O) groups excluding carboxylic acids is 1. The predicted molar refractivity (Wildman–Crippen MR) is 124 cm³/mol. The number of rotatable bonds is 6. The van der Waals surface area contributed by atoms with Gasteiger partial charge in [0.05, 0.1) is 19.6 Å². The second kappa shape index (κ2) is 9.33. The molecule has 0 bridgehead atoms. The van der Waals surface area contributed by atoms with Crippen molar-refractivity contribution in [1.29, 1.82) is 0 Å². The van der Waals surface area contributed by atoms with E-state index in [1.54, 1.807) is 0 Å². The summed E-state index contributed by atoms with van der Waals surface area (Å²) in [6.45, 7) is 5.10. The normalized spacial score (nSPS) is 14.8. The second-order valence-electron chi connectivity index (χ2n) is 7.91. The predicted octanol–water partition coefficient (Wildman–Crippen LogP) is 3.28. The lowest BCUT2D eigenvalue weighted by atomic mass is 10.1. The SMILES string of the molecule is Cc1cc(Nc2ccc(NC(=O)Cc3ccc4c(c3)OCO4)cc2)nc(N2CCOCC2)n1. The van der Waals surface area contributed by atoms with Crippen molar-refractivity contribution in [2.24, 2.45) is 0 Å². The molecule has 2 N–H and O–H groups in total. The average Bonchev–Trinajstić information content (AvgIpc) is 3.28. The van der Waals surface area contributed by atoms with Crippen molar-refractivity contribution in [2.45, 2.75) is 13.3 Å². The monoisotopic (exact) mass is 447 g/mol. The number of nitrogens with one attached hydrogen (secondary N) is 2. The molecular weight excluding hydrogens is 422 g/mol. The molecule has 2 aliphatic rings. The molecular formula is C24H25N5O4. The van der Waals surface area contributed by atoms with E-state index >= 15 is 0 Å². The van der Waals surface area contributed by atoms with Gasteiger partial charge in [0, 0.05) is 36.2 Å². The third kappa shape index (κ3) is 5.15. The van der Waals surface area contributed by atoms with Gasteiger partial charge in [0.15, 0.2) is 11.5 Å². The Kier molecular flexibility index (Phi) is 5.95. The minimum absolute atomic E-state index is 0.101. The number of carbonyl (C=O) groups is 1. The molecule has 5 rings (SSSR count). The molecule has 9 nitrogen and oxygen atoms in total. The Bertz CT molecular complexity index is 1150. The molecule has 9 heteroatoms. The van der Waals surface area contributed by atoms with Crippen molar-refractivity contribution >= 4 is 29.0 Å². The second-order valence-corrected chi connectivity index (χ2v) is 7.91. The Labute approximate surface area is 191 Å². The Hall–Kier alpha value is -3.85. The van der Waals surface area contributed by atoms with Crippen LogP contribution < -0.4 is 25.0 Å². The van der Waals surface area contributed by atoms with Crippen LogP contribution in [0.15, 0.2) is 48.5 Å². The van der Waals surface area contributed by atoms with Crippen molar-refractivity contribution in [2.75, 3.05) is 48.6 Å². The first-order valence-electron chi connectivity index (χ1n) is 10.9. The maximum Gasteiger partial charge on any atom is 0.231 e. The van der Waals surface area contributed by atoms with E-state index in [9.17, 15) is 4.79 Å². The van der Waals surface area contributed by atoms with Crippen LogP contribution in [0.1, 0.15) is 11.3 Å². The van der Waals surface area contributed by atoms with Gasteiger partial charge < -0.3 is 29.7 Å². The number of anilines is 4. The number of hydrogen-bond donors (Lipinski definition) is 2. The van der Waals surface area contributed by atoms with Gasteiger partial charge in [0.25, 0.3) is 0 Å². The minimum atomic E-state index is -0.101. The number of hydrogen-bond acceptors (Lipinski definition) is 8. The lowest BCUT2D eigenvalue weighted by molar-refractivity contribution is -0.115. The molecule has 3 aromatic rings. The summed E-state index contributed by atoms with van der Waals surface area (Å²) >= 11 is 0. The van der Waals surface area contributed by atoms with E-state index in [2.05, 4.69) is 25.5 Å². The van der Waals surface area contributed by atoms with Crippen LogP contribution in [0.5, 0.6) is 11.5 Å². The largest absolute Gasteiger partial charge is 0.454 e. The summed E-state index contributed by atoms with van der Waals surface area (Å²) in [5.74, 6) is 2.71. The molecule has 33 heavy (non-hydrogen) atoms. The van der Waals surface area contributed by atoms with Gasteiger partial charge in [-0.2, -0.15) is 4.98 Å². The number of ether oxygens (including phenoxy) is 3. The summed E-state index contributed by atoms with van der Waals surface area (Å²) in [6.07, 6.45) is 0.251. The van der Waals surface area contributed by atoms with E-state index in [4.69, 9.17) is 14.2 Å². The Morgan fingerprint density at radius 1 is 0.970 bits per heavy atom. The van der Waals surface area contributed by atoms with Crippen molar-refractivity contribution in [1.82, 2.24) is 9.97 Å². The van der Waals surface area contributed by atoms with Crippen LogP contribution in [0.2, 0.25) is 0 Å². The summed E-state index contributed by atoms with van der Waals surface area (Å²) in [4.78, 5) is 23.8. The molecule has 1 amide bonds. The average molecular weight is 447 g/mol. The number of amides is 1. The summed E-state index contributed by atoms with van der Waals surface area (Å²) < 4.78 is 16.1. The first kappa shape index (κ1) is 21.0. The van der Waals surface area contributed by atoms with Gasteiger partial charge in [0.2, 0.25) is 18.6 Å². The smallest absolute Gasteiger partial charge is 0.231 e. The van der Waals surface area contributed by atoms with Crippen LogP contribution in [0.4, 0.5) is 23.1 Å². The third-order valence-corrected chi connectivity index (χ3v) is 5.38. The molecule has 0 unspecified atom stereocenters. The number of benzene rings is 2. The molecule has 0 atom stereocenters. The Balaban J connectivity index is 1.20. The van der Waals surface area contributed by atoms with E-state index in [-0.39, 0.29) is 19.1 Å². The van der Waals surface area contributed by atoms with E-state index < -0.39 is 0 Å². The number of morpholine rings is 1. The van der Waals surface area contributed by atoms with Gasteiger partial charge in [-0.15, -0.1) is 0 Å². The Morgan fingerprint density at radius 2 is 1.73 bits per heavy atom. The highest BCUT2D eigenvalue weighted by Gasteiger charge is 2.16. The van der Waals surface area contributed by atoms with Gasteiger partial charge in [-0.25, -0.2) is 4.98 Å². The molecule has 2 aliphatic heterocycles. The molecule has 2 aromatic carbocycles. The first-order valence-corrected chi connectivity index (χ1v) is 10.9. The molecule has 0 radical (unpaired) electrons. The van der Waals surface area contributed by atoms with Crippen LogP contribution in [-0.4, -0.2) is 49.0 Å². The standard InChI is InChI=1S/C24H25N5O4/c1-16-12-22(28-24(25-16)29-8-10-31-11-9-29)26-18-3-5-19(6-4-18)27-23(30)14-17-2-7-20-21(13-17)33-15-32-20/h2-7,12-13H,8-11,14-15H2,1H3,(H,27,30)(H,25,26,28). The zero-order chi connectivity index (χ0) is 22.6. The van der Waals surface area contributed by atoms with Crippen molar-refractivity contribution in [3.63, 3.8) is 0 Å². The molecule has 0 saturated carbocycles. The van der Waals surface area contributed by atoms with E-state index in [0.29, 0.717) is 30.7 Å². The molecule has 3 heterocycles.